The van der Waals surface area contributed by atoms with Gasteiger partial charge in [-0.1, -0.05) is 12.2 Å². The number of aromatic nitrogens is 2. The first-order valence-electron chi connectivity index (χ1n) is 9.44. The number of allylic oxidation sites excluding steroid dienone is 1. The quantitative estimate of drug-likeness (QED) is 0.695. The number of hydrogen-bond acceptors (Lipinski definition) is 4. The van der Waals surface area contributed by atoms with Crippen LogP contribution in [-0.4, -0.2) is 57.6 Å². The largest absolute Gasteiger partial charge is 0.355 e. The van der Waals surface area contributed by atoms with Gasteiger partial charge >= 0.3 is 0 Å². The smallest absolute Gasteiger partial charge is 0.269 e. The second-order valence-electron chi connectivity index (χ2n) is 6.62. The lowest BCUT2D eigenvalue weighted by Crippen LogP contribution is -2.45. The van der Waals surface area contributed by atoms with Crippen LogP contribution in [0.15, 0.2) is 18.2 Å². The summed E-state index contributed by atoms with van der Waals surface area (Å²) < 4.78 is 1.65. The zero-order valence-electron chi connectivity index (χ0n) is 16.5. The zero-order chi connectivity index (χ0) is 20.0. The lowest BCUT2D eigenvalue weighted by Gasteiger charge is -2.23. The van der Waals surface area contributed by atoms with Crippen molar-refractivity contribution in [1.82, 2.24) is 25.3 Å². The fraction of sp³-hybridized carbons (Fsp3) is 0.579. The third-order valence-corrected chi connectivity index (χ3v) is 4.57. The molecule has 1 aromatic rings. The Bertz CT molecular complexity index is 725. The van der Waals surface area contributed by atoms with Crippen molar-refractivity contribution in [3.63, 3.8) is 0 Å². The summed E-state index contributed by atoms with van der Waals surface area (Å²) >= 11 is 0. The first kappa shape index (κ1) is 20.7. The van der Waals surface area contributed by atoms with Gasteiger partial charge in [0.25, 0.3) is 5.91 Å². The lowest BCUT2D eigenvalue weighted by atomic mass is 10.1. The number of amides is 3. The number of likely N-dealkylation sites (tertiary alicyclic amines) is 1. The molecule has 1 fully saturated rings. The number of nitrogens with one attached hydrogen (secondary N) is 2. The van der Waals surface area contributed by atoms with E-state index in [1.165, 1.54) is 0 Å². The highest BCUT2D eigenvalue weighted by molar-refractivity contribution is 5.93. The van der Waals surface area contributed by atoms with E-state index in [2.05, 4.69) is 15.7 Å². The maximum Gasteiger partial charge on any atom is 0.269 e. The van der Waals surface area contributed by atoms with Crippen molar-refractivity contribution in [2.75, 3.05) is 13.1 Å². The molecule has 1 aliphatic heterocycles. The highest BCUT2D eigenvalue weighted by atomic mass is 16.2. The Kier molecular flexibility index (Phi) is 7.15. The van der Waals surface area contributed by atoms with Gasteiger partial charge in [-0.25, -0.2) is 0 Å². The molecule has 27 heavy (non-hydrogen) atoms. The van der Waals surface area contributed by atoms with Crippen LogP contribution in [0.3, 0.4) is 0 Å². The number of hydrogen-bond donors (Lipinski definition) is 2. The van der Waals surface area contributed by atoms with Crippen molar-refractivity contribution in [2.45, 2.75) is 59.2 Å². The first-order valence-corrected chi connectivity index (χ1v) is 9.44. The number of aryl methyl sites for hydroxylation is 2. The Morgan fingerprint density at radius 1 is 1.33 bits per heavy atom. The van der Waals surface area contributed by atoms with Crippen LogP contribution in [0.2, 0.25) is 0 Å². The van der Waals surface area contributed by atoms with Crippen molar-refractivity contribution in [3.05, 3.63) is 29.6 Å². The van der Waals surface area contributed by atoms with E-state index >= 15 is 0 Å². The molecular weight excluding hydrogens is 346 g/mol. The summed E-state index contributed by atoms with van der Waals surface area (Å²) in [5.74, 6) is -0.534. The molecular formula is C19H29N5O3. The maximum atomic E-state index is 12.7. The van der Waals surface area contributed by atoms with Gasteiger partial charge < -0.3 is 15.5 Å². The maximum absolute atomic E-state index is 12.7. The molecule has 1 saturated heterocycles. The summed E-state index contributed by atoms with van der Waals surface area (Å²) in [6, 6.07) is 0.898. The molecule has 0 spiro atoms. The van der Waals surface area contributed by atoms with Gasteiger partial charge in [-0.15, -0.1) is 0 Å². The van der Waals surface area contributed by atoms with Crippen molar-refractivity contribution in [2.24, 2.45) is 0 Å². The van der Waals surface area contributed by atoms with Gasteiger partial charge in [0.1, 0.15) is 11.7 Å². The molecule has 2 heterocycles. The van der Waals surface area contributed by atoms with Gasteiger partial charge in [0.05, 0.1) is 5.69 Å². The summed E-state index contributed by atoms with van der Waals surface area (Å²) in [4.78, 5) is 39.1. The summed E-state index contributed by atoms with van der Waals surface area (Å²) in [6.07, 6.45) is 4.22. The molecule has 0 aromatic carbocycles. The van der Waals surface area contributed by atoms with Crippen molar-refractivity contribution < 1.29 is 14.4 Å². The van der Waals surface area contributed by atoms with E-state index in [0.717, 1.165) is 5.69 Å². The molecule has 3 amide bonds. The van der Waals surface area contributed by atoms with Gasteiger partial charge in [0, 0.05) is 32.1 Å². The van der Waals surface area contributed by atoms with E-state index in [0.29, 0.717) is 31.7 Å². The van der Waals surface area contributed by atoms with Crippen LogP contribution >= 0.6 is 0 Å². The Morgan fingerprint density at radius 2 is 2.07 bits per heavy atom. The Morgan fingerprint density at radius 3 is 2.70 bits per heavy atom. The van der Waals surface area contributed by atoms with Crippen LogP contribution in [0.5, 0.6) is 0 Å². The highest BCUT2D eigenvalue weighted by Crippen LogP contribution is 2.20. The van der Waals surface area contributed by atoms with E-state index in [1.54, 1.807) is 21.7 Å². The highest BCUT2D eigenvalue weighted by Gasteiger charge is 2.39. The minimum Gasteiger partial charge on any atom is -0.355 e. The molecule has 148 valence electrons. The molecule has 2 rings (SSSR count). The molecule has 0 radical (unpaired) electrons. The van der Waals surface area contributed by atoms with Crippen molar-refractivity contribution in [3.8, 4) is 0 Å². The third-order valence-electron chi connectivity index (χ3n) is 4.57. The average Bonchev–Trinajstić information content (AvgIpc) is 3.23. The Balaban J connectivity index is 2.12. The van der Waals surface area contributed by atoms with Gasteiger partial charge in [-0.3, -0.25) is 19.1 Å². The third kappa shape index (κ3) is 4.96. The summed E-state index contributed by atoms with van der Waals surface area (Å²) in [6.45, 7) is 8.86. The summed E-state index contributed by atoms with van der Waals surface area (Å²) in [5.41, 5.74) is 1.26. The van der Waals surface area contributed by atoms with Crippen molar-refractivity contribution in [1.29, 1.82) is 0 Å². The SMILES string of the molecule is C/C=C/CC(=O)N1C[C@H](NC(=O)c2cc(C)nn2CC)C[C@H]1C(=O)NCC. The molecule has 1 aromatic heterocycles. The minimum atomic E-state index is -0.564. The fourth-order valence-corrected chi connectivity index (χ4v) is 3.32. The molecule has 1 aliphatic rings. The zero-order valence-corrected chi connectivity index (χ0v) is 16.5. The fourth-order valence-electron chi connectivity index (χ4n) is 3.32. The normalized spacial score (nSPS) is 19.5. The van der Waals surface area contributed by atoms with Gasteiger partial charge in [-0.05, 0) is 40.2 Å². The van der Waals surface area contributed by atoms with Crippen LogP contribution in [0.25, 0.3) is 0 Å². The minimum absolute atomic E-state index is 0.115. The second kappa shape index (κ2) is 9.34. The Labute approximate surface area is 160 Å². The van der Waals surface area contributed by atoms with Crippen LogP contribution in [-0.2, 0) is 16.1 Å². The molecule has 2 N–H and O–H groups in total. The topological polar surface area (TPSA) is 96.3 Å². The van der Waals surface area contributed by atoms with E-state index in [4.69, 9.17) is 0 Å². The first-order chi connectivity index (χ1) is 12.9. The van der Waals surface area contributed by atoms with Gasteiger partial charge in [0.2, 0.25) is 11.8 Å². The van der Waals surface area contributed by atoms with Gasteiger partial charge in [0.15, 0.2) is 0 Å². The van der Waals surface area contributed by atoms with E-state index in [1.807, 2.05) is 33.8 Å². The molecule has 0 bridgehead atoms. The monoisotopic (exact) mass is 375 g/mol. The van der Waals surface area contributed by atoms with E-state index in [-0.39, 0.29) is 30.2 Å². The predicted molar refractivity (Wildman–Crippen MR) is 102 cm³/mol. The van der Waals surface area contributed by atoms with Crippen molar-refractivity contribution >= 4 is 17.7 Å². The number of carbonyl (C=O) groups is 3. The molecule has 0 saturated carbocycles. The van der Waals surface area contributed by atoms with Gasteiger partial charge in [-0.2, -0.15) is 5.10 Å². The Hall–Kier alpha value is -2.64. The standard InChI is InChI=1S/C19H29N5O3/c1-5-8-9-17(25)23-12-14(11-15(23)18(26)20-6-2)21-19(27)16-10-13(4)22-24(16)7-3/h5,8,10,14-15H,6-7,9,11-12H2,1-4H3,(H,20,26)(H,21,27)/b8-5+/t14-,15+/m1/s1. The molecule has 8 heteroatoms. The van der Waals surface area contributed by atoms with E-state index < -0.39 is 6.04 Å². The lowest BCUT2D eigenvalue weighted by molar-refractivity contribution is -0.137. The van der Waals surface area contributed by atoms with Crippen LogP contribution in [0.4, 0.5) is 0 Å². The molecule has 0 aliphatic carbocycles. The number of nitrogens with zero attached hydrogens (tertiary/aromatic N) is 3. The van der Waals surface area contributed by atoms with E-state index in [9.17, 15) is 14.4 Å². The number of carbonyl (C=O) groups excluding carboxylic acids is 3. The molecule has 8 nitrogen and oxygen atoms in total. The van der Waals surface area contributed by atoms with Crippen LogP contribution in [0, 0.1) is 6.92 Å². The number of likely N-dealkylation sites (N-methyl/N-ethyl adjacent to an activating group) is 1. The second-order valence-corrected chi connectivity index (χ2v) is 6.62. The predicted octanol–water partition coefficient (Wildman–Crippen LogP) is 1.01. The summed E-state index contributed by atoms with van der Waals surface area (Å²) in [5, 5.41) is 10.0. The summed E-state index contributed by atoms with van der Waals surface area (Å²) in [7, 11) is 0. The number of rotatable bonds is 7. The van der Waals surface area contributed by atoms with Crippen LogP contribution in [0.1, 0.15) is 49.8 Å². The average molecular weight is 375 g/mol. The molecule has 0 unspecified atom stereocenters. The van der Waals surface area contributed by atoms with Crippen LogP contribution < -0.4 is 10.6 Å². The molecule has 2 atom stereocenters.